The summed E-state index contributed by atoms with van der Waals surface area (Å²) in [5.74, 6) is -1.66. The van der Waals surface area contributed by atoms with Crippen molar-refractivity contribution in [3.05, 3.63) is 48.3 Å². The molecule has 0 fully saturated rings. The van der Waals surface area contributed by atoms with Gasteiger partial charge in [-0.1, -0.05) is 0 Å². The fourth-order valence-electron chi connectivity index (χ4n) is 2.20. The normalized spacial score (nSPS) is 11.1. The second-order valence-corrected chi connectivity index (χ2v) is 7.67. The van der Waals surface area contributed by atoms with Crippen LogP contribution in [0.3, 0.4) is 0 Å². The molecule has 0 unspecified atom stereocenters. The highest BCUT2D eigenvalue weighted by atomic mass is 32.2. The van der Waals surface area contributed by atoms with E-state index in [0.717, 1.165) is 6.07 Å². The zero-order valence-electron chi connectivity index (χ0n) is 15.2. The van der Waals surface area contributed by atoms with Crippen LogP contribution < -0.4 is 19.5 Å². The third-order valence-electron chi connectivity index (χ3n) is 3.26. The number of hydrogen-bond donors (Lipinski definition) is 2. The predicted molar refractivity (Wildman–Crippen MR) is 101 cm³/mol. The monoisotopic (exact) mass is 396 g/mol. The van der Waals surface area contributed by atoms with Gasteiger partial charge in [0.2, 0.25) is 15.9 Å². The zero-order chi connectivity index (χ0) is 20.0. The van der Waals surface area contributed by atoms with Gasteiger partial charge in [-0.2, -0.15) is 0 Å². The summed E-state index contributed by atoms with van der Waals surface area (Å²) in [6, 6.07) is 10.1. The maximum absolute atomic E-state index is 13.6. The Hall–Kier alpha value is -2.81. The highest BCUT2D eigenvalue weighted by molar-refractivity contribution is 7.93. The van der Waals surface area contributed by atoms with E-state index in [-0.39, 0.29) is 17.5 Å². The van der Waals surface area contributed by atoms with Crippen molar-refractivity contribution >= 4 is 27.3 Å². The molecule has 2 aromatic carbocycles. The lowest BCUT2D eigenvalue weighted by Crippen LogP contribution is -2.27. The Kier molecular flexibility index (Phi) is 6.62. The molecule has 0 aliphatic rings. The minimum absolute atomic E-state index is 0.000899. The number of amides is 1. The summed E-state index contributed by atoms with van der Waals surface area (Å²) in [5.41, 5.74) is 0.429. The van der Waals surface area contributed by atoms with E-state index in [4.69, 9.17) is 9.47 Å². The van der Waals surface area contributed by atoms with Crippen molar-refractivity contribution in [2.45, 2.75) is 20.0 Å². The molecule has 0 aliphatic heterocycles. The smallest absolute Gasteiger partial charge is 0.241 e. The number of carbonyl (C=O) groups is 1. The molecule has 0 saturated carbocycles. The third kappa shape index (κ3) is 6.45. The highest BCUT2D eigenvalue weighted by Gasteiger charge is 2.17. The lowest BCUT2D eigenvalue weighted by molar-refractivity contribution is -0.113. The minimum Gasteiger partial charge on any atom is -0.494 e. The Labute approximate surface area is 157 Å². The van der Waals surface area contributed by atoms with Gasteiger partial charge in [0.1, 0.15) is 11.5 Å². The molecule has 7 nitrogen and oxygen atoms in total. The van der Waals surface area contributed by atoms with Crippen LogP contribution in [0.25, 0.3) is 0 Å². The van der Waals surface area contributed by atoms with E-state index >= 15 is 0 Å². The van der Waals surface area contributed by atoms with Crippen molar-refractivity contribution in [2.75, 3.05) is 22.9 Å². The molecule has 0 heterocycles. The number of benzene rings is 2. The van der Waals surface area contributed by atoms with Gasteiger partial charge in [0.15, 0.2) is 11.6 Å². The molecule has 146 valence electrons. The van der Waals surface area contributed by atoms with Crippen LogP contribution in [0.5, 0.6) is 11.5 Å². The molecular formula is C18H21FN2O5S. The minimum atomic E-state index is -3.93. The molecule has 0 aromatic heterocycles. The average Bonchev–Trinajstić information content (AvgIpc) is 2.55. The van der Waals surface area contributed by atoms with Gasteiger partial charge in [0.25, 0.3) is 0 Å². The van der Waals surface area contributed by atoms with Crippen molar-refractivity contribution in [1.82, 2.24) is 0 Å². The van der Waals surface area contributed by atoms with Gasteiger partial charge in [0.05, 0.1) is 13.2 Å². The number of rotatable bonds is 8. The quantitative estimate of drug-likeness (QED) is 0.715. The van der Waals surface area contributed by atoms with E-state index in [2.05, 4.69) is 10.0 Å². The molecule has 0 spiro atoms. The topological polar surface area (TPSA) is 93.7 Å². The van der Waals surface area contributed by atoms with Crippen LogP contribution in [0.1, 0.15) is 13.8 Å². The first-order valence-electron chi connectivity index (χ1n) is 8.09. The summed E-state index contributed by atoms with van der Waals surface area (Å²) in [4.78, 5) is 12.0. The number of anilines is 2. The van der Waals surface area contributed by atoms with Crippen LogP contribution >= 0.6 is 0 Å². The Bertz CT molecular complexity index is 898. The van der Waals surface area contributed by atoms with Gasteiger partial charge in [0, 0.05) is 17.4 Å². The third-order valence-corrected chi connectivity index (χ3v) is 4.45. The van der Waals surface area contributed by atoms with Crippen molar-refractivity contribution in [3.8, 4) is 11.5 Å². The number of carbonyl (C=O) groups excluding carboxylic acids is 1. The number of methoxy groups -OCH3 is 1. The summed E-state index contributed by atoms with van der Waals surface area (Å²) >= 11 is 0. The van der Waals surface area contributed by atoms with E-state index in [9.17, 15) is 17.6 Å². The zero-order valence-corrected chi connectivity index (χ0v) is 16.0. The molecule has 27 heavy (non-hydrogen) atoms. The largest absolute Gasteiger partial charge is 0.494 e. The molecule has 2 N–H and O–H groups in total. The van der Waals surface area contributed by atoms with Crippen LogP contribution in [0, 0.1) is 5.82 Å². The first-order valence-corrected chi connectivity index (χ1v) is 9.74. The Balaban J connectivity index is 1.96. The highest BCUT2D eigenvalue weighted by Crippen LogP contribution is 2.21. The number of sulfonamides is 1. The Morgan fingerprint density at radius 3 is 2.30 bits per heavy atom. The van der Waals surface area contributed by atoms with E-state index in [1.165, 1.54) is 31.4 Å². The molecule has 0 radical (unpaired) electrons. The van der Waals surface area contributed by atoms with Crippen LogP contribution in [0.2, 0.25) is 0 Å². The molecule has 0 atom stereocenters. The molecule has 1 amide bonds. The molecular weight excluding hydrogens is 375 g/mol. The molecule has 0 saturated heterocycles. The molecule has 0 aliphatic carbocycles. The van der Waals surface area contributed by atoms with E-state index in [0.29, 0.717) is 11.4 Å². The van der Waals surface area contributed by atoms with E-state index < -0.39 is 27.5 Å². The predicted octanol–water partition coefficient (Wildman–Crippen LogP) is 3.00. The van der Waals surface area contributed by atoms with Crippen LogP contribution in [0.15, 0.2) is 42.5 Å². The van der Waals surface area contributed by atoms with E-state index in [1.54, 1.807) is 12.1 Å². The number of ether oxygens (including phenoxy) is 2. The van der Waals surface area contributed by atoms with Gasteiger partial charge in [-0.3, -0.25) is 9.52 Å². The lowest BCUT2D eigenvalue weighted by atomic mass is 10.3. The van der Waals surface area contributed by atoms with Crippen molar-refractivity contribution < 1.29 is 27.1 Å². The first kappa shape index (κ1) is 20.5. The summed E-state index contributed by atoms with van der Waals surface area (Å²) in [6.07, 6.45) is -0.000899. The fraction of sp³-hybridized carbons (Fsp3) is 0.278. The first-order chi connectivity index (χ1) is 12.7. The summed E-state index contributed by atoms with van der Waals surface area (Å²) in [5, 5.41) is 2.33. The molecule has 2 rings (SSSR count). The Morgan fingerprint density at radius 1 is 1.11 bits per heavy atom. The van der Waals surface area contributed by atoms with Crippen molar-refractivity contribution in [2.24, 2.45) is 0 Å². The summed E-state index contributed by atoms with van der Waals surface area (Å²) < 4.78 is 50.4. The second-order valence-electron chi connectivity index (χ2n) is 5.95. The molecule has 9 heteroatoms. The number of hydrogen-bond acceptors (Lipinski definition) is 5. The van der Waals surface area contributed by atoms with Gasteiger partial charge >= 0.3 is 0 Å². The van der Waals surface area contributed by atoms with Crippen molar-refractivity contribution in [3.63, 3.8) is 0 Å². The summed E-state index contributed by atoms with van der Waals surface area (Å²) in [6.45, 7) is 3.76. The van der Waals surface area contributed by atoms with Crippen molar-refractivity contribution in [1.29, 1.82) is 0 Å². The standard InChI is InChI=1S/C18H21FN2O5S/c1-12(2)26-15-7-4-13(5-8-15)21-27(23,24)11-18(22)20-14-6-9-17(25-3)16(19)10-14/h4-10,12,21H,11H2,1-3H3,(H,20,22). The van der Waals surface area contributed by atoms with E-state index in [1.807, 2.05) is 13.8 Å². The fourth-order valence-corrected chi connectivity index (χ4v) is 3.19. The van der Waals surface area contributed by atoms with Crippen LogP contribution in [-0.4, -0.2) is 33.3 Å². The van der Waals surface area contributed by atoms with Crippen LogP contribution in [-0.2, 0) is 14.8 Å². The molecule has 0 bridgehead atoms. The molecule has 2 aromatic rings. The van der Waals surface area contributed by atoms with Gasteiger partial charge in [-0.15, -0.1) is 0 Å². The maximum Gasteiger partial charge on any atom is 0.241 e. The SMILES string of the molecule is COc1ccc(NC(=O)CS(=O)(=O)Nc2ccc(OC(C)C)cc2)cc1F. The maximum atomic E-state index is 13.6. The average molecular weight is 396 g/mol. The van der Waals surface area contributed by atoms with Crippen LogP contribution in [0.4, 0.5) is 15.8 Å². The van der Waals surface area contributed by atoms with Gasteiger partial charge < -0.3 is 14.8 Å². The van der Waals surface area contributed by atoms with Gasteiger partial charge in [-0.25, -0.2) is 12.8 Å². The second kappa shape index (κ2) is 8.72. The lowest BCUT2D eigenvalue weighted by Gasteiger charge is -2.12. The Morgan fingerprint density at radius 2 is 1.74 bits per heavy atom. The summed E-state index contributed by atoms with van der Waals surface area (Å²) in [7, 11) is -2.62. The van der Waals surface area contributed by atoms with Gasteiger partial charge in [-0.05, 0) is 50.2 Å². The number of nitrogens with one attached hydrogen (secondary N) is 2. The number of halogens is 1.